The van der Waals surface area contributed by atoms with Gasteiger partial charge in [-0.2, -0.15) is 0 Å². The number of halogens is 2. The quantitative estimate of drug-likeness (QED) is 0.777. The number of sulfonamides is 1. The predicted molar refractivity (Wildman–Crippen MR) is 85.2 cm³/mol. The van der Waals surface area contributed by atoms with Gasteiger partial charge in [0.05, 0.1) is 17.0 Å². The summed E-state index contributed by atoms with van der Waals surface area (Å²) in [5.41, 5.74) is 0.240. The minimum atomic E-state index is -3.67. The zero-order valence-electron chi connectivity index (χ0n) is 11.1. The average molecular weight is 427 g/mol. The standard InChI is InChI=1S/C13H17Br2NO3S/c1-9-6-11(15)12(7-10(9)14)20(18,19)16-13(8-17)4-2-3-5-13/h6-7,16-17H,2-5,8H2,1H3. The number of aliphatic hydroxyl groups excluding tert-OH is 1. The number of rotatable bonds is 4. The van der Waals surface area contributed by atoms with E-state index in [1.54, 1.807) is 12.1 Å². The van der Waals surface area contributed by atoms with E-state index in [2.05, 4.69) is 36.6 Å². The number of aryl methyl sites for hydroxylation is 1. The Morgan fingerprint density at radius 2 is 1.85 bits per heavy atom. The third kappa shape index (κ3) is 3.27. The molecule has 0 aliphatic heterocycles. The molecular formula is C13H17Br2NO3S. The Bertz CT molecular complexity index is 610. The van der Waals surface area contributed by atoms with Gasteiger partial charge in [-0.3, -0.25) is 0 Å². The van der Waals surface area contributed by atoms with Crippen molar-refractivity contribution in [2.45, 2.75) is 43.0 Å². The fraction of sp³-hybridized carbons (Fsp3) is 0.538. The van der Waals surface area contributed by atoms with Gasteiger partial charge >= 0.3 is 0 Å². The maximum atomic E-state index is 12.6. The molecule has 2 N–H and O–H groups in total. The van der Waals surface area contributed by atoms with Crippen LogP contribution in [0.5, 0.6) is 0 Å². The monoisotopic (exact) mass is 425 g/mol. The second-order valence-electron chi connectivity index (χ2n) is 5.28. The van der Waals surface area contributed by atoms with Crippen molar-refractivity contribution >= 4 is 41.9 Å². The largest absolute Gasteiger partial charge is 0.394 e. The molecule has 1 aromatic carbocycles. The van der Waals surface area contributed by atoms with E-state index < -0.39 is 15.6 Å². The van der Waals surface area contributed by atoms with Crippen molar-refractivity contribution in [1.29, 1.82) is 0 Å². The highest BCUT2D eigenvalue weighted by molar-refractivity contribution is 9.11. The summed E-state index contributed by atoms with van der Waals surface area (Å²) in [7, 11) is -3.67. The first-order valence-electron chi connectivity index (χ1n) is 6.40. The maximum Gasteiger partial charge on any atom is 0.242 e. The van der Waals surface area contributed by atoms with Gasteiger partial charge in [0.25, 0.3) is 0 Å². The SMILES string of the molecule is Cc1cc(Br)c(S(=O)(=O)NC2(CO)CCCC2)cc1Br. The van der Waals surface area contributed by atoms with E-state index in [1.807, 2.05) is 6.92 Å². The molecule has 112 valence electrons. The summed E-state index contributed by atoms with van der Waals surface area (Å²) in [6.45, 7) is 1.72. The van der Waals surface area contributed by atoms with Gasteiger partial charge in [-0.05, 0) is 53.4 Å². The van der Waals surface area contributed by atoms with E-state index in [1.165, 1.54) is 0 Å². The molecular weight excluding hydrogens is 410 g/mol. The molecule has 7 heteroatoms. The van der Waals surface area contributed by atoms with E-state index in [0.717, 1.165) is 22.9 Å². The maximum absolute atomic E-state index is 12.6. The average Bonchev–Trinajstić information content (AvgIpc) is 2.82. The van der Waals surface area contributed by atoms with E-state index in [-0.39, 0.29) is 11.5 Å². The highest BCUT2D eigenvalue weighted by atomic mass is 79.9. The molecule has 1 saturated carbocycles. The summed E-state index contributed by atoms with van der Waals surface area (Å²) < 4.78 is 29.1. The Kier molecular flexibility index (Phi) is 4.96. The first kappa shape index (κ1) is 16.4. The van der Waals surface area contributed by atoms with Gasteiger partial charge in [0.1, 0.15) is 0 Å². The van der Waals surface area contributed by atoms with Gasteiger partial charge < -0.3 is 5.11 Å². The van der Waals surface area contributed by atoms with Crippen LogP contribution >= 0.6 is 31.9 Å². The molecule has 0 atom stereocenters. The van der Waals surface area contributed by atoms with Crippen molar-refractivity contribution in [2.75, 3.05) is 6.61 Å². The fourth-order valence-corrected chi connectivity index (χ4v) is 5.65. The first-order valence-corrected chi connectivity index (χ1v) is 9.47. The van der Waals surface area contributed by atoms with Crippen LogP contribution in [0, 0.1) is 6.92 Å². The molecule has 0 radical (unpaired) electrons. The Labute approximate surface area is 136 Å². The molecule has 0 spiro atoms. The van der Waals surface area contributed by atoms with Crippen LogP contribution < -0.4 is 4.72 Å². The van der Waals surface area contributed by atoms with Crippen LogP contribution in [0.4, 0.5) is 0 Å². The van der Waals surface area contributed by atoms with Crippen LogP contribution in [0.2, 0.25) is 0 Å². The van der Waals surface area contributed by atoms with Gasteiger partial charge in [-0.15, -0.1) is 0 Å². The Morgan fingerprint density at radius 1 is 1.25 bits per heavy atom. The van der Waals surface area contributed by atoms with Crippen molar-refractivity contribution in [3.05, 3.63) is 26.6 Å². The molecule has 0 aromatic heterocycles. The fourth-order valence-electron chi connectivity index (χ4n) is 2.52. The molecule has 0 amide bonds. The van der Waals surface area contributed by atoms with E-state index >= 15 is 0 Å². The van der Waals surface area contributed by atoms with Crippen LogP contribution in [0.15, 0.2) is 26.0 Å². The van der Waals surface area contributed by atoms with E-state index in [9.17, 15) is 13.5 Å². The topological polar surface area (TPSA) is 66.4 Å². The van der Waals surface area contributed by atoms with Crippen LogP contribution in [-0.4, -0.2) is 25.7 Å². The molecule has 1 fully saturated rings. The molecule has 0 saturated heterocycles. The normalized spacial score (nSPS) is 18.4. The van der Waals surface area contributed by atoms with Crippen molar-refractivity contribution in [1.82, 2.24) is 4.72 Å². The minimum Gasteiger partial charge on any atom is -0.394 e. The van der Waals surface area contributed by atoms with Crippen molar-refractivity contribution < 1.29 is 13.5 Å². The molecule has 0 unspecified atom stereocenters. The molecule has 4 nitrogen and oxygen atoms in total. The third-order valence-corrected chi connectivity index (χ3v) is 7.11. The molecule has 1 aromatic rings. The second-order valence-corrected chi connectivity index (χ2v) is 8.64. The summed E-state index contributed by atoms with van der Waals surface area (Å²) in [5.74, 6) is 0. The molecule has 1 aliphatic rings. The van der Waals surface area contributed by atoms with Gasteiger partial charge in [0.15, 0.2) is 0 Å². The Hall–Kier alpha value is 0.0500. The lowest BCUT2D eigenvalue weighted by Crippen LogP contribution is -2.49. The molecule has 1 aliphatic carbocycles. The van der Waals surface area contributed by atoms with Gasteiger partial charge in [-0.25, -0.2) is 13.1 Å². The summed E-state index contributed by atoms with van der Waals surface area (Å²) >= 11 is 6.66. The predicted octanol–water partition coefficient (Wildman–Crippen LogP) is 3.10. The molecule has 20 heavy (non-hydrogen) atoms. The molecule has 0 bridgehead atoms. The van der Waals surface area contributed by atoms with E-state index in [4.69, 9.17) is 0 Å². The number of nitrogens with one attached hydrogen (secondary N) is 1. The summed E-state index contributed by atoms with van der Waals surface area (Å²) in [5, 5.41) is 9.55. The van der Waals surface area contributed by atoms with Crippen molar-refractivity contribution in [3.8, 4) is 0 Å². The lowest BCUT2D eigenvalue weighted by Gasteiger charge is -2.27. The zero-order chi connectivity index (χ0) is 15.0. The first-order chi connectivity index (χ1) is 9.30. The molecule has 0 heterocycles. The molecule has 2 rings (SSSR count). The second kappa shape index (κ2) is 6.04. The van der Waals surface area contributed by atoms with Crippen LogP contribution in [0.3, 0.4) is 0 Å². The van der Waals surface area contributed by atoms with Gasteiger partial charge in [-0.1, -0.05) is 28.8 Å². The lowest BCUT2D eigenvalue weighted by molar-refractivity contribution is 0.185. The van der Waals surface area contributed by atoms with E-state index in [0.29, 0.717) is 17.3 Å². The lowest BCUT2D eigenvalue weighted by atomic mass is 10.0. The van der Waals surface area contributed by atoms with Crippen LogP contribution in [0.1, 0.15) is 31.2 Å². The third-order valence-electron chi connectivity index (χ3n) is 3.72. The van der Waals surface area contributed by atoms with Crippen molar-refractivity contribution in [2.24, 2.45) is 0 Å². The minimum absolute atomic E-state index is 0.170. The number of hydrogen-bond acceptors (Lipinski definition) is 3. The number of aliphatic hydroxyl groups is 1. The highest BCUT2D eigenvalue weighted by Crippen LogP contribution is 2.33. The van der Waals surface area contributed by atoms with Gasteiger partial charge in [0, 0.05) is 8.95 Å². The Balaban J connectivity index is 2.38. The Morgan fingerprint density at radius 3 is 2.40 bits per heavy atom. The van der Waals surface area contributed by atoms with Crippen LogP contribution in [0.25, 0.3) is 0 Å². The summed E-state index contributed by atoms with van der Waals surface area (Å²) in [6, 6.07) is 3.35. The highest BCUT2D eigenvalue weighted by Gasteiger charge is 2.38. The summed E-state index contributed by atoms with van der Waals surface area (Å²) in [4.78, 5) is 0.190. The summed E-state index contributed by atoms with van der Waals surface area (Å²) in [6.07, 6.45) is 3.21. The smallest absolute Gasteiger partial charge is 0.242 e. The van der Waals surface area contributed by atoms with Gasteiger partial charge in [0.2, 0.25) is 10.0 Å². The van der Waals surface area contributed by atoms with Crippen molar-refractivity contribution in [3.63, 3.8) is 0 Å². The number of benzene rings is 1. The zero-order valence-corrected chi connectivity index (χ0v) is 15.1. The number of hydrogen-bond donors (Lipinski definition) is 2. The van der Waals surface area contributed by atoms with Crippen LogP contribution in [-0.2, 0) is 10.0 Å².